The molecule has 1 aromatic carbocycles. The van der Waals surface area contributed by atoms with Gasteiger partial charge in [0.25, 0.3) is 0 Å². The predicted octanol–water partition coefficient (Wildman–Crippen LogP) is 4.01. The molecule has 0 radical (unpaired) electrons. The summed E-state index contributed by atoms with van der Waals surface area (Å²) in [5, 5.41) is 0.0734. The van der Waals surface area contributed by atoms with Gasteiger partial charge in [-0.2, -0.15) is 0 Å². The van der Waals surface area contributed by atoms with Gasteiger partial charge in [-0.1, -0.05) is 25.4 Å². The summed E-state index contributed by atoms with van der Waals surface area (Å²) in [7, 11) is 0. The van der Waals surface area contributed by atoms with Gasteiger partial charge in [0.05, 0.1) is 10.4 Å². The summed E-state index contributed by atoms with van der Waals surface area (Å²) in [5.41, 5.74) is -0.393. The van der Waals surface area contributed by atoms with Crippen LogP contribution in [0.2, 0.25) is 5.02 Å². The van der Waals surface area contributed by atoms with E-state index in [2.05, 4.69) is 0 Å². The Kier molecular flexibility index (Phi) is 3.62. The Hall–Kier alpha value is -1.09. The van der Waals surface area contributed by atoms with E-state index in [1.54, 1.807) is 6.07 Å². The lowest BCUT2D eigenvalue weighted by atomic mass is 9.61. The van der Waals surface area contributed by atoms with Gasteiger partial charge in [0, 0.05) is 12.5 Å². The first-order valence-corrected chi connectivity index (χ1v) is 6.56. The van der Waals surface area contributed by atoms with Crippen LogP contribution in [-0.4, -0.2) is 11.9 Å². The van der Waals surface area contributed by atoms with Crippen LogP contribution >= 0.6 is 11.6 Å². The number of carbonyl (C=O) groups excluding carboxylic acids is 1. The molecule has 1 aromatic rings. The Bertz CT molecular complexity index is 469. The van der Waals surface area contributed by atoms with Gasteiger partial charge in [0.2, 0.25) is 0 Å². The Labute approximate surface area is 111 Å². The Morgan fingerprint density at radius 3 is 2.61 bits per heavy atom. The molecule has 1 aliphatic carbocycles. The minimum absolute atomic E-state index is 0.0734. The maximum absolute atomic E-state index is 13.3. The first-order valence-electron chi connectivity index (χ1n) is 6.18. The Balaban J connectivity index is 2.15. The highest BCUT2D eigenvalue weighted by Crippen LogP contribution is 2.45. The zero-order valence-electron chi connectivity index (χ0n) is 10.5. The second-order valence-corrected chi connectivity index (χ2v) is 5.08. The number of hydrogen-bond donors (Lipinski definition) is 0. The minimum Gasteiger partial charge on any atom is -0.489 e. The average molecular weight is 271 g/mol. The SMILES string of the molecule is CCC1(CC)C(=O)CC1Oc1ccc(Cl)c(F)c1. The van der Waals surface area contributed by atoms with Crippen LogP contribution in [0.25, 0.3) is 0 Å². The normalized spacial score (nSPS) is 21.6. The highest BCUT2D eigenvalue weighted by molar-refractivity contribution is 6.30. The Morgan fingerprint density at radius 2 is 2.11 bits per heavy atom. The molecule has 0 amide bonds. The van der Waals surface area contributed by atoms with Crippen LogP contribution in [0.15, 0.2) is 18.2 Å². The van der Waals surface area contributed by atoms with Gasteiger partial charge in [-0.25, -0.2) is 4.39 Å². The standard InChI is InChI=1S/C14H16ClFO2/c1-3-14(4-2)12(17)8-13(14)18-9-5-6-10(15)11(16)7-9/h5-7,13H,3-4,8H2,1-2H3. The van der Waals surface area contributed by atoms with Crippen molar-refractivity contribution in [2.75, 3.05) is 0 Å². The molecule has 0 bridgehead atoms. The summed E-state index contributed by atoms with van der Waals surface area (Å²) < 4.78 is 19.0. The zero-order valence-corrected chi connectivity index (χ0v) is 11.3. The predicted molar refractivity (Wildman–Crippen MR) is 68.5 cm³/mol. The van der Waals surface area contributed by atoms with Gasteiger partial charge in [0.15, 0.2) is 0 Å². The van der Waals surface area contributed by atoms with Crippen LogP contribution in [0.1, 0.15) is 33.1 Å². The molecule has 98 valence electrons. The fraction of sp³-hybridized carbons (Fsp3) is 0.500. The van der Waals surface area contributed by atoms with Gasteiger partial charge < -0.3 is 4.74 Å². The van der Waals surface area contributed by atoms with Gasteiger partial charge in [-0.05, 0) is 25.0 Å². The van der Waals surface area contributed by atoms with Crippen molar-refractivity contribution in [1.29, 1.82) is 0 Å². The van der Waals surface area contributed by atoms with Crippen molar-refractivity contribution in [2.45, 2.75) is 39.2 Å². The van der Waals surface area contributed by atoms with E-state index in [9.17, 15) is 9.18 Å². The summed E-state index contributed by atoms with van der Waals surface area (Å²) in [6, 6.07) is 4.36. The third-order valence-electron chi connectivity index (χ3n) is 3.97. The number of ether oxygens (including phenoxy) is 1. The first-order chi connectivity index (χ1) is 8.53. The van der Waals surface area contributed by atoms with Crippen LogP contribution < -0.4 is 4.74 Å². The molecular formula is C14H16ClFO2. The third kappa shape index (κ3) is 2.01. The van der Waals surface area contributed by atoms with E-state index in [0.717, 1.165) is 12.8 Å². The number of ketones is 1. The third-order valence-corrected chi connectivity index (χ3v) is 4.28. The molecule has 1 atom stereocenters. The zero-order chi connectivity index (χ0) is 13.3. The molecule has 0 aromatic heterocycles. The van der Waals surface area contributed by atoms with Crippen LogP contribution in [0.3, 0.4) is 0 Å². The van der Waals surface area contributed by atoms with E-state index in [1.165, 1.54) is 12.1 Å². The molecule has 1 saturated carbocycles. The molecule has 0 spiro atoms. The van der Waals surface area contributed by atoms with Crippen molar-refractivity contribution in [3.05, 3.63) is 29.0 Å². The maximum atomic E-state index is 13.3. The molecule has 1 aliphatic rings. The number of hydrogen-bond acceptors (Lipinski definition) is 2. The second-order valence-electron chi connectivity index (χ2n) is 4.67. The van der Waals surface area contributed by atoms with Crippen molar-refractivity contribution in [1.82, 2.24) is 0 Å². The number of rotatable bonds is 4. The van der Waals surface area contributed by atoms with Crippen LogP contribution in [0.5, 0.6) is 5.75 Å². The fourth-order valence-electron chi connectivity index (χ4n) is 2.58. The van der Waals surface area contributed by atoms with Crippen LogP contribution in [-0.2, 0) is 4.79 Å². The fourth-order valence-corrected chi connectivity index (χ4v) is 2.70. The lowest BCUT2D eigenvalue weighted by Crippen LogP contribution is -2.56. The van der Waals surface area contributed by atoms with Gasteiger partial charge >= 0.3 is 0 Å². The molecule has 4 heteroatoms. The molecule has 2 nitrogen and oxygen atoms in total. The molecule has 1 fully saturated rings. The summed E-state index contributed by atoms with van der Waals surface area (Å²) in [6.45, 7) is 3.97. The van der Waals surface area contributed by atoms with Gasteiger partial charge in [-0.3, -0.25) is 4.79 Å². The van der Waals surface area contributed by atoms with Crippen molar-refractivity contribution in [3.63, 3.8) is 0 Å². The smallest absolute Gasteiger partial charge is 0.146 e. The average Bonchev–Trinajstić information content (AvgIpc) is 2.35. The highest BCUT2D eigenvalue weighted by atomic mass is 35.5. The largest absolute Gasteiger partial charge is 0.489 e. The van der Waals surface area contributed by atoms with Crippen molar-refractivity contribution >= 4 is 17.4 Å². The van der Waals surface area contributed by atoms with E-state index >= 15 is 0 Å². The Morgan fingerprint density at radius 1 is 1.44 bits per heavy atom. The molecule has 0 heterocycles. The van der Waals surface area contributed by atoms with Crippen molar-refractivity contribution in [3.8, 4) is 5.75 Å². The number of carbonyl (C=O) groups is 1. The number of halogens is 2. The number of Topliss-reactive ketones (excluding diaryl/α,β-unsaturated/α-hetero) is 1. The van der Waals surface area contributed by atoms with E-state index in [1.807, 2.05) is 13.8 Å². The summed E-state index contributed by atoms with van der Waals surface area (Å²) in [4.78, 5) is 11.8. The maximum Gasteiger partial charge on any atom is 0.146 e. The van der Waals surface area contributed by atoms with Crippen molar-refractivity contribution in [2.24, 2.45) is 5.41 Å². The molecule has 2 rings (SSSR count). The molecule has 0 saturated heterocycles. The van der Waals surface area contributed by atoms with Crippen molar-refractivity contribution < 1.29 is 13.9 Å². The minimum atomic E-state index is -0.501. The van der Waals surface area contributed by atoms with E-state index in [0.29, 0.717) is 12.2 Å². The monoisotopic (exact) mass is 270 g/mol. The van der Waals surface area contributed by atoms with Gasteiger partial charge in [-0.15, -0.1) is 0 Å². The highest BCUT2D eigenvalue weighted by Gasteiger charge is 2.53. The molecule has 0 N–H and O–H groups in total. The van der Waals surface area contributed by atoms with E-state index in [-0.39, 0.29) is 16.9 Å². The first kappa shape index (κ1) is 13.3. The molecule has 0 aliphatic heterocycles. The topological polar surface area (TPSA) is 26.3 Å². The lowest BCUT2D eigenvalue weighted by molar-refractivity contribution is -0.153. The molecular weight excluding hydrogens is 255 g/mol. The van der Waals surface area contributed by atoms with E-state index in [4.69, 9.17) is 16.3 Å². The second kappa shape index (κ2) is 4.88. The molecule has 1 unspecified atom stereocenters. The summed E-state index contributed by atoms with van der Waals surface area (Å²) in [6.07, 6.45) is 1.76. The quantitative estimate of drug-likeness (QED) is 0.826. The molecule has 18 heavy (non-hydrogen) atoms. The summed E-state index contributed by atoms with van der Waals surface area (Å²) >= 11 is 5.61. The lowest BCUT2D eigenvalue weighted by Gasteiger charge is -2.46. The van der Waals surface area contributed by atoms with Crippen LogP contribution in [0.4, 0.5) is 4.39 Å². The van der Waals surface area contributed by atoms with E-state index < -0.39 is 11.2 Å². The summed E-state index contributed by atoms with van der Waals surface area (Å²) in [5.74, 6) is 0.172. The number of benzene rings is 1. The van der Waals surface area contributed by atoms with Crippen LogP contribution in [0, 0.1) is 11.2 Å². The van der Waals surface area contributed by atoms with Gasteiger partial charge in [0.1, 0.15) is 23.5 Å².